The second-order valence-electron chi connectivity index (χ2n) is 7.97. The van der Waals surface area contributed by atoms with E-state index >= 15 is 0 Å². The van der Waals surface area contributed by atoms with Crippen molar-refractivity contribution in [1.29, 1.82) is 0 Å². The van der Waals surface area contributed by atoms with Gasteiger partial charge in [0.2, 0.25) is 5.91 Å². The van der Waals surface area contributed by atoms with E-state index < -0.39 is 5.60 Å². The number of Topliss-reactive ketones (excluding diaryl/α,β-unsaturated/α-hetero) is 1. The smallest absolute Gasteiger partial charge is 0.410 e. The van der Waals surface area contributed by atoms with Crippen molar-refractivity contribution >= 4 is 17.8 Å². The number of hydrogen-bond donors (Lipinski definition) is 0. The lowest BCUT2D eigenvalue weighted by Crippen LogP contribution is -2.52. The Bertz CT molecular complexity index is 715. The molecule has 0 bridgehead atoms. The minimum absolute atomic E-state index is 0.0139. The first-order chi connectivity index (χ1) is 12.2. The highest BCUT2D eigenvalue weighted by Crippen LogP contribution is 2.29. The van der Waals surface area contributed by atoms with Gasteiger partial charge in [0.1, 0.15) is 5.60 Å². The average molecular weight is 358 g/mol. The number of nitrogens with zero attached hydrogens (tertiary/aromatic N) is 2. The molecule has 1 saturated heterocycles. The van der Waals surface area contributed by atoms with Gasteiger partial charge in [0, 0.05) is 44.1 Å². The largest absolute Gasteiger partial charge is 0.444 e. The van der Waals surface area contributed by atoms with Crippen molar-refractivity contribution in [2.45, 2.75) is 39.2 Å². The molecule has 1 unspecified atom stereocenters. The van der Waals surface area contributed by atoms with Crippen molar-refractivity contribution in [1.82, 2.24) is 9.80 Å². The summed E-state index contributed by atoms with van der Waals surface area (Å²) >= 11 is 0. The van der Waals surface area contributed by atoms with Gasteiger partial charge in [0.15, 0.2) is 5.78 Å². The number of ether oxygens (including phenoxy) is 1. The molecule has 6 nitrogen and oxygen atoms in total. The Kier molecular flexibility index (Phi) is 5.03. The summed E-state index contributed by atoms with van der Waals surface area (Å²) in [6.45, 7) is 7.38. The van der Waals surface area contributed by atoms with Crippen molar-refractivity contribution in [2.24, 2.45) is 5.92 Å². The number of hydrogen-bond acceptors (Lipinski definition) is 4. The lowest BCUT2D eigenvalue weighted by Gasteiger charge is -2.36. The zero-order valence-corrected chi connectivity index (χ0v) is 15.7. The van der Waals surface area contributed by atoms with Gasteiger partial charge in [-0.25, -0.2) is 4.79 Å². The quantitative estimate of drug-likeness (QED) is 0.815. The molecule has 0 spiro atoms. The first-order valence-electron chi connectivity index (χ1n) is 9.12. The van der Waals surface area contributed by atoms with Gasteiger partial charge in [-0.2, -0.15) is 0 Å². The van der Waals surface area contributed by atoms with Gasteiger partial charge >= 0.3 is 6.09 Å². The Hall–Kier alpha value is -2.37. The Morgan fingerprint density at radius 1 is 1.08 bits per heavy atom. The lowest BCUT2D eigenvalue weighted by molar-refractivity contribution is -0.133. The third-order valence-electron chi connectivity index (χ3n) is 4.83. The number of ketones is 1. The Balaban J connectivity index is 1.51. The van der Waals surface area contributed by atoms with E-state index in [1.54, 1.807) is 9.80 Å². The van der Waals surface area contributed by atoms with Crippen LogP contribution in [0.1, 0.15) is 43.1 Å². The maximum absolute atomic E-state index is 12.6. The molecule has 140 valence electrons. The minimum Gasteiger partial charge on any atom is -0.444 e. The molecule has 1 fully saturated rings. The first kappa shape index (κ1) is 18.4. The van der Waals surface area contributed by atoms with E-state index in [0.717, 1.165) is 11.1 Å². The molecule has 1 atom stereocenters. The summed E-state index contributed by atoms with van der Waals surface area (Å²) in [5, 5.41) is 0. The predicted molar refractivity (Wildman–Crippen MR) is 97.0 cm³/mol. The summed E-state index contributed by atoms with van der Waals surface area (Å²) < 4.78 is 5.37. The summed E-state index contributed by atoms with van der Waals surface area (Å²) in [4.78, 5) is 40.5. The molecule has 1 aliphatic heterocycles. The molecule has 0 N–H and O–H groups in total. The molecule has 26 heavy (non-hydrogen) atoms. The maximum Gasteiger partial charge on any atom is 0.410 e. The Morgan fingerprint density at radius 3 is 2.31 bits per heavy atom. The third-order valence-corrected chi connectivity index (χ3v) is 4.83. The molecule has 0 saturated carbocycles. The highest BCUT2D eigenvalue weighted by molar-refractivity contribution is 6.03. The summed E-state index contributed by atoms with van der Waals surface area (Å²) in [6, 6.07) is 7.57. The SMILES string of the molecule is CC(C)(C)OC(=O)N1CCN(C(=O)CC2Cc3ccccc3C2=O)CC1. The molecule has 6 heteroatoms. The van der Waals surface area contributed by atoms with Crippen LogP contribution in [0.25, 0.3) is 0 Å². The normalized spacial score (nSPS) is 20.1. The molecule has 0 radical (unpaired) electrons. The number of benzene rings is 1. The Morgan fingerprint density at radius 2 is 1.69 bits per heavy atom. The van der Waals surface area contributed by atoms with Crippen molar-refractivity contribution in [3.05, 3.63) is 35.4 Å². The van der Waals surface area contributed by atoms with Gasteiger partial charge in [-0.15, -0.1) is 0 Å². The van der Waals surface area contributed by atoms with Gasteiger partial charge in [0.25, 0.3) is 0 Å². The van der Waals surface area contributed by atoms with Crippen molar-refractivity contribution < 1.29 is 19.1 Å². The van der Waals surface area contributed by atoms with Crippen LogP contribution < -0.4 is 0 Å². The van der Waals surface area contributed by atoms with Crippen LogP contribution in [0.3, 0.4) is 0 Å². The maximum atomic E-state index is 12.6. The second kappa shape index (κ2) is 7.09. The molecule has 2 aliphatic rings. The van der Waals surface area contributed by atoms with Gasteiger partial charge < -0.3 is 14.5 Å². The van der Waals surface area contributed by atoms with Crippen molar-refractivity contribution in [3.8, 4) is 0 Å². The van der Waals surface area contributed by atoms with Crippen LogP contribution in [0.5, 0.6) is 0 Å². The predicted octanol–water partition coefficient (Wildman–Crippen LogP) is 2.51. The fraction of sp³-hybridized carbons (Fsp3) is 0.550. The van der Waals surface area contributed by atoms with Gasteiger partial charge in [-0.1, -0.05) is 24.3 Å². The van der Waals surface area contributed by atoms with E-state index in [1.165, 1.54) is 0 Å². The van der Waals surface area contributed by atoms with E-state index in [2.05, 4.69) is 0 Å². The monoisotopic (exact) mass is 358 g/mol. The summed E-state index contributed by atoms with van der Waals surface area (Å²) in [5.74, 6) is -0.204. The topological polar surface area (TPSA) is 66.9 Å². The highest BCUT2D eigenvalue weighted by Gasteiger charge is 2.34. The van der Waals surface area contributed by atoms with Crippen molar-refractivity contribution in [2.75, 3.05) is 26.2 Å². The molecule has 1 heterocycles. The van der Waals surface area contributed by atoms with Crippen LogP contribution in [-0.4, -0.2) is 59.4 Å². The molecular weight excluding hydrogens is 332 g/mol. The fourth-order valence-electron chi connectivity index (χ4n) is 3.49. The van der Waals surface area contributed by atoms with Gasteiger partial charge in [-0.3, -0.25) is 9.59 Å². The zero-order valence-electron chi connectivity index (χ0n) is 15.7. The molecule has 1 aromatic rings. The second-order valence-corrected chi connectivity index (χ2v) is 7.97. The molecule has 3 rings (SSSR count). The Labute approximate surface area is 154 Å². The van der Waals surface area contributed by atoms with E-state index in [4.69, 9.17) is 4.74 Å². The van der Waals surface area contributed by atoms with Gasteiger partial charge in [-0.05, 0) is 32.8 Å². The van der Waals surface area contributed by atoms with Crippen LogP contribution in [0.15, 0.2) is 24.3 Å². The molecular formula is C20H26N2O4. The fourth-order valence-corrected chi connectivity index (χ4v) is 3.49. The average Bonchev–Trinajstić information content (AvgIpc) is 2.90. The third kappa shape index (κ3) is 4.06. The summed E-state index contributed by atoms with van der Waals surface area (Å²) in [6.07, 6.45) is 0.532. The van der Waals surface area contributed by atoms with E-state index in [1.807, 2.05) is 45.0 Å². The van der Waals surface area contributed by atoms with Crippen LogP contribution in [0.4, 0.5) is 4.79 Å². The standard InChI is InChI=1S/C20H26N2O4/c1-20(2,3)26-19(25)22-10-8-21(9-11-22)17(23)13-15-12-14-6-4-5-7-16(14)18(15)24/h4-7,15H,8-13H2,1-3H3. The number of fused-ring (bicyclic) bond motifs is 1. The molecule has 0 aromatic heterocycles. The first-order valence-corrected chi connectivity index (χ1v) is 9.12. The number of carbonyl (C=O) groups is 3. The number of amides is 2. The summed E-state index contributed by atoms with van der Waals surface area (Å²) in [7, 11) is 0. The summed E-state index contributed by atoms with van der Waals surface area (Å²) in [5.41, 5.74) is 1.26. The number of piperazine rings is 1. The molecule has 2 amide bonds. The minimum atomic E-state index is -0.526. The van der Waals surface area contributed by atoms with Crippen LogP contribution in [0, 0.1) is 5.92 Å². The van der Waals surface area contributed by atoms with E-state index in [0.29, 0.717) is 32.6 Å². The van der Waals surface area contributed by atoms with E-state index in [9.17, 15) is 14.4 Å². The zero-order chi connectivity index (χ0) is 18.9. The number of rotatable bonds is 2. The highest BCUT2D eigenvalue weighted by atomic mass is 16.6. The lowest BCUT2D eigenvalue weighted by atomic mass is 10.00. The van der Waals surface area contributed by atoms with Gasteiger partial charge in [0.05, 0.1) is 0 Å². The van der Waals surface area contributed by atoms with Crippen LogP contribution in [-0.2, 0) is 16.0 Å². The van der Waals surface area contributed by atoms with E-state index in [-0.39, 0.29) is 30.1 Å². The van der Waals surface area contributed by atoms with Crippen LogP contribution >= 0.6 is 0 Å². The molecule has 1 aliphatic carbocycles. The number of carbonyl (C=O) groups excluding carboxylic acids is 3. The van der Waals surface area contributed by atoms with Crippen molar-refractivity contribution in [3.63, 3.8) is 0 Å². The van der Waals surface area contributed by atoms with Crippen LogP contribution in [0.2, 0.25) is 0 Å². The molecule has 1 aromatic carbocycles.